The quantitative estimate of drug-likeness (QED) is 0.532. The maximum atomic E-state index is 2.98. The van der Waals surface area contributed by atoms with E-state index in [-0.39, 0.29) is 41.1 Å². The highest BCUT2D eigenvalue weighted by molar-refractivity contribution is 7.27. The van der Waals surface area contributed by atoms with Gasteiger partial charge in [-0.1, -0.05) is 74.4 Å². The van der Waals surface area contributed by atoms with E-state index in [1.165, 1.54) is 22.0 Å². The molecule has 1 aromatic rings. The van der Waals surface area contributed by atoms with Crippen LogP contribution in [0.1, 0.15) is 79.0 Å². The Morgan fingerprint density at radius 3 is 1.10 bits per heavy atom. The van der Waals surface area contributed by atoms with Gasteiger partial charge in [0, 0.05) is 0 Å². The molecule has 0 aliphatic heterocycles. The smallest absolute Gasteiger partial charge is 0.0126 e. The lowest BCUT2D eigenvalue weighted by Crippen LogP contribution is -3.00. The van der Waals surface area contributed by atoms with Crippen LogP contribution in [0, 0.1) is 0 Å². The number of rotatable bonds is 0. The summed E-state index contributed by atoms with van der Waals surface area (Å²) in [6.07, 6.45) is 0. The Bertz CT molecular complexity index is 436. The summed E-state index contributed by atoms with van der Waals surface area (Å²) in [6.45, 7) is 20.7. The van der Waals surface area contributed by atoms with Crippen LogP contribution in [-0.4, -0.2) is 0 Å². The fraction of sp³-hybridized carbons (Fsp3) is 0.667. The van der Waals surface area contributed by atoms with E-state index in [0.29, 0.717) is 0 Å². The second-order valence-electron chi connectivity index (χ2n) is 8.74. The van der Waals surface area contributed by atoms with E-state index < -0.39 is 0 Å². The zero-order valence-corrected chi connectivity index (χ0v) is 17.7. The first-order valence-electron chi connectivity index (χ1n) is 7.19. The van der Waals surface area contributed by atoms with Gasteiger partial charge in [-0.2, -0.15) is 0 Å². The monoisotopic (exact) mass is 348 g/mol. The molecule has 0 aliphatic carbocycles. The molecule has 0 spiro atoms. The number of hydrogen-bond acceptors (Lipinski definition) is 0. The first-order chi connectivity index (χ1) is 8.24. The van der Waals surface area contributed by atoms with E-state index in [1.54, 1.807) is 0 Å². The third kappa shape index (κ3) is 5.74. The Labute approximate surface area is 146 Å². The Morgan fingerprint density at radius 2 is 0.905 bits per heavy atom. The van der Waals surface area contributed by atoms with Crippen molar-refractivity contribution >= 4 is 14.5 Å². The minimum atomic E-state index is 0. The Kier molecular flexibility index (Phi) is 8.06. The molecular weight excluding hydrogens is 318 g/mol. The maximum absolute atomic E-state index is 2.98. The topological polar surface area (TPSA) is 0 Å². The van der Waals surface area contributed by atoms with Crippen molar-refractivity contribution in [3.8, 4) is 0 Å². The molecule has 0 bridgehead atoms. The zero-order chi connectivity index (χ0) is 15.2. The van der Waals surface area contributed by atoms with Crippen LogP contribution in [0.3, 0.4) is 0 Å². The van der Waals surface area contributed by atoms with E-state index in [1.807, 2.05) is 0 Å². The van der Waals surface area contributed by atoms with Crippen LogP contribution in [0.2, 0.25) is 0 Å². The van der Waals surface area contributed by atoms with Crippen LogP contribution in [0.25, 0.3) is 0 Å². The van der Waals surface area contributed by atoms with Gasteiger partial charge in [-0.05, 0) is 38.2 Å². The summed E-state index contributed by atoms with van der Waals surface area (Å²) in [5.74, 6) is 0. The number of halogens is 2. The van der Waals surface area contributed by atoms with Gasteiger partial charge in [0.25, 0.3) is 0 Å². The van der Waals surface area contributed by atoms with Crippen LogP contribution >= 0.6 is 9.24 Å². The molecule has 21 heavy (non-hydrogen) atoms. The van der Waals surface area contributed by atoms with Crippen LogP contribution in [0.4, 0.5) is 0 Å². The first-order valence-corrected chi connectivity index (χ1v) is 7.77. The lowest BCUT2D eigenvalue weighted by atomic mass is 9.75. The second kappa shape index (κ2) is 7.20. The van der Waals surface area contributed by atoms with Gasteiger partial charge in [0.2, 0.25) is 0 Å². The molecular formula is C18H31Cl2P-2. The highest BCUT2D eigenvalue weighted by Gasteiger charge is 2.27. The summed E-state index contributed by atoms with van der Waals surface area (Å²) in [6, 6.07) is 4.80. The minimum Gasteiger partial charge on any atom is -1.00 e. The molecule has 0 saturated carbocycles. The van der Waals surface area contributed by atoms with Gasteiger partial charge in [-0.3, -0.25) is 0 Å². The molecule has 124 valence electrons. The fourth-order valence-electron chi connectivity index (χ4n) is 2.33. The first kappa shape index (κ1) is 23.5. The summed E-state index contributed by atoms with van der Waals surface area (Å²) in [4.78, 5) is 0. The van der Waals surface area contributed by atoms with Gasteiger partial charge in [0.05, 0.1) is 0 Å². The van der Waals surface area contributed by atoms with Gasteiger partial charge in [0.15, 0.2) is 0 Å². The molecule has 0 saturated heterocycles. The lowest BCUT2D eigenvalue weighted by molar-refractivity contribution is -0.00100. The fourth-order valence-corrected chi connectivity index (χ4v) is 3.36. The van der Waals surface area contributed by atoms with Crippen molar-refractivity contribution in [2.45, 2.75) is 78.6 Å². The molecule has 0 nitrogen and oxygen atoms in total. The van der Waals surface area contributed by atoms with E-state index in [0.717, 1.165) is 0 Å². The highest BCUT2D eigenvalue weighted by Crippen LogP contribution is 2.34. The average molecular weight is 349 g/mol. The second-order valence-corrected chi connectivity index (χ2v) is 9.31. The van der Waals surface area contributed by atoms with E-state index >= 15 is 0 Å². The Balaban J connectivity index is 0. The van der Waals surface area contributed by atoms with Crippen molar-refractivity contribution in [3.05, 3.63) is 28.8 Å². The SMILES string of the molecule is CC(C)(C)c1cc(C(C)(C)C)c(P)c(C(C)(C)C)c1.[Cl-].[Cl-]. The zero-order valence-electron chi connectivity index (χ0n) is 15.0. The van der Waals surface area contributed by atoms with Gasteiger partial charge in [0.1, 0.15) is 0 Å². The molecule has 1 rings (SSSR count). The van der Waals surface area contributed by atoms with Crippen molar-refractivity contribution in [3.63, 3.8) is 0 Å². The molecule has 1 atom stereocenters. The largest absolute Gasteiger partial charge is 1.00 e. The average Bonchev–Trinajstić information content (AvgIpc) is 2.11. The third-order valence-electron chi connectivity index (χ3n) is 3.66. The third-order valence-corrected chi connectivity index (χ3v) is 4.28. The summed E-state index contributed by atoms with van der Waals surface area (Å²) < 4.78 is 0. The summed E-state index contributed by atoms with van der Waals surface area (Å²) >= 11 is 0. The maximum Gasteiger partial charge on any atom is -0.0126 e. The van der Waals surface area contributed by atoms with Crippen LogP contribution in [0.5, 0.6) is 0 Å². The predicted octanol–water partition coefficient (Wildman–Crippen LogP) is -0.912. The van der Waals surface area contributed by atoms with Crippen LogP contribution in [-0.2, 0) is 16.2 Å². The Hall–Kier alpha value is 0.230. The van der Waals surface area contributed by atoms with Gasteiger partial charge in [-0.25, -0.2) is 0 Å². The molecule has 0 amide bonds. The van der Waals surface area contributed by atoms with Gasteiger partial charge < -0.3 is 24.8 Å². The molecule has 0 radical (unpaired) electrons. The molecule has 0 aromatic heterocycles. The molecule has 0 heterocycles. The minimum absolute atomic E-state index is 0. The molecule has 0 aliphatic rings. The summed E-state index contributed by atoms with van der Waals surface area (Å²) in [7, 11) is 2.98. The van der Waals surface area contributed by atoms with Gasteiger partial charge in [-0.15, -0.1) is 9.24 Å². The van der Waals surface area contributed by atoms with Gasteiger partial charge >= 0.3 is 0 Å². The highest BCUT2D eigenvalue weighted by atomic mass is 35.5. The molecule has 3 heteroatoms. The number of hydrogen-bond donors (Lipinski definition) is 0. The van der Waals surface area contributed by atoms with E-state index in [4.69, 9.17) is 0 Å². The summed E-state index contributed by atoms with van der Waals surface area (Å²) in [5.41, 5.74) is 4.90. The molecule has 1 aromatic carbocycles. The van der Waals surface area contributed by atoms with Crippen molar-refractivity contribution < 1.29 is 24.8 Å². The van der Waals surface area contributed by atoms with E-state index in [9.17, 15) is 0 Å². The van der Waals surface area contributed by atoms with Crippen LogP contribution in [0.15, 0.2) is 12.1 Å². The Morgan fingerprint density at radius 1 is 0.619 bits per heavy atom. The summed E-state index contributed by atoms with van der Waals surface area (Å²) in [5, 5.41) is 1.38. The number of benzene rings is 1. The molecule has 0 fully saturated rings. The molecule has 0 N–H and O–H groups in total. The normalized spacial score (nSPS) is 12.5. The van der Waals surface area contributed by atoms with Crippen molar-refractivity contribution in [1.29, 1.82) is 0 Å². The van der Waals surface area contributed by atoms with Crippen LogP contribution < -0.4 is 30.1 Å². The lowest BCUT2D eigenvalue weighted by Gasteiger charge is -2.32. The van der Waals surface area contributed by atoms with E-state index in [2.05, 4.69) is 83.7 Å². The van der Waals surface area contributed by atoms with Crippen molar-refractivity contribution in [1.82, 2.24) is 0 Å². The standard InChI is InChI=1S/C18H31P.2ClH/c1-16(2,3)12-10-13(17(4,5)6)15(19)14(11-12)18(7,8)9;;/h10-11H,19H2,1-9H3;2*1H/p-2. The molecule has 1 unspecified atom stereocenters. The predicted molar refractivity (Wildman–Crippen MR) is 91.9 cm³/mol. The van der Waals surface area contributed by atoms with Crippen molar-refractivity contribution in [2.75, 3.05) is 0 Å². The van der Waals surface area contributed by atoms with Crippen molar-refractivity contribution in [2.24, 2.45) is 0 Å².